The topological polar surface area (TPSA) is 17.1 Å². The third-order valence-electron chi connectivity index (χ3n) is 1.88. The van der Waals surface area contributed by atoms with E-state index in [-0.39, 0.29) is 5.78 Å². The Morgan fingerprint density at radius 3 is 2.92 bits per heavy atom. The number of hydrogen-bond acceptors (Lipinski definition) is 2. The van der Waals surface area contributed by atoms with Crippen LogP contribution in [0.5, 0.6) is 0 Å². The van der Waals surface area contributed by atoms with E-state index in [1.54, 1.807) is 18.3 Å². The number of unbranched alkanes of at least 4 members (excludes halogenated alkanes) is 1. The van der Waals surface area contributed by atoms with Crippen molar-refractivity contribution in [3.63, 3.8) is 0 Å². The summed E-state index contributed by atoms with van der Waals surface area (Å²) in [6.45, 7) is 3.80. The van der Waals surface area contributed by atoms with Crippen molar-refractivity contribution in [3.8, 4) is 0 Å². The van der Waals surface area contributed by atoms with Crippen molar-refractivity contribution in [2.24, 2.45) is 0 Å². The fourth-order valence-corrected chi connectivity index (χ4v) is 2.15. The van der Waals surface area contributed by atoms with Crippen LogP contribution in [0.3, 0.4) is 0 Å². The molecule has 1 rings (SSSR count). The molecule has 0 saturated carbocycles. The van der Waals surface area contributed by atoms with E-state index in [2.05, 4.69) is 6.92 Å². The van der Waals surface area contributed by atoms with E-state index < -0.39 is 0 Å². The van der Waals surface area contributed by atoms with Gasteiger partial charge < -0.3 is 0 Å². The SMILES string of the molecule is CCCCc1sccc1C(C)=O. The number of carbonyl (C=O) groups is 1. The summed E-state index contributed by atoms with van der Waals surface area (Å²) in [4.78, 5) is 12.4. The Bertz CT molecular complexity index is 263. The normalized spacial score (nSPS) is 10.2. The quantitative estimate of drug-likeness (QED) is 0.653. The van der Waals surface area contributed by atoms with Gasteiger partial charge in [-0.05, 0) is 31.2 Å². The molecule has 0 unspecified atom stereocenters. The Kier molecular flexibility index (Phi) is 3.48. The standard InChI is InChI=1S/C10H14OS/c1-3-4-5-10-9(8(2)11)6-7-12-10/h6-7H,3-5H2,1-2H3. The van der Waals surface area contributed by atoms with E-state index in [1.165, 1.54) is 17.7 Å². The lowest BCUT2D eigenvalue weighted by Gasteiger charge is -1.97. The van der Waals surface area contributed by atoms with Gasteiger partial charge in [-0.2, -0.15) is 0 Å². The highest BCUT2D eigenvalue weighted by Gasteiger charge is 2.06. The van der Waals surface area contributed by atoms with Crippen LogP contribution in [0.4, 0.5) is 0 Å². The van der Waals surface area contributed by atoms with Gasteiger partial charge in [0.1, 0.15) is 0 Å². The first-order valence-corrected chi connectivity index (χ1v) is 5.21. The number of aryl methyl sites for hydroxylation is 1. The van der Waals surface area contributed by atoms with Gasteiger partial charge in [-0.15, -0.1) is 11.3 Å². The number of rotatable bonds is 4. The zero-order chi connectivity index (χ0) is 8.97. The Morgan fingerprint density at radius 1 is 1.58 bits per heavy atom. The lowest BCUT2D eigenvalue weighted by atomic mass is 10.1. The van der Waals surface area contributed by atoms with Gasteiger partial charge >= 0.3 is 0 Å². The molecule has 0 radical (unpaired) electrons. The van der Waals surface area contributed by atoms with Gasteiger partial charge in [-0.1, -0.05) is 13.3 Å². The van der Waals surface area contributed by atoms with Crippen LogP contribution in [0.1, 0.15) is 41.9 Å². The molecule has 12 heavy (non-hydrogen) atoms. The molecule has 0 aromatic carbocycles. The van der Waals surface area contributed by atoms with Crippen LogP contribution < -0.4 is 0 Å². The van der Waals surface area contributed by atoms with Crippen molar-refractivity contribution < 1.29 is 4.79 Å². The number of thiophene rings is 1. The van der Waals surface area contributed by atoms with Gasteiger partial charge in [-0.3, -0.25) is 4.79 Å². The van der Waals surface area contributed by atoms with Crippen LogP contribution in [-0.4, -0.2) is 5.78 Å². The molecule has 66 valence electrons. The van der Waals surface area contributed by atoms with Crippen molar-refractivity contribution in [2.75, 3.05) is 0 Å². The molecular weight excluding hydrogens is 168 g/mol. The summed E-state index contributed by atoms with van der Waals surface area (Å²) in [7, 11) is 0. The second kappa shape index (κ2) is 4.41. The summed E-state index contributed by atoms with van der Waals surface area (Å²) in [5.41, 5.74) is 0.924. The highest BCUT2D eigenvalue weighted by Crippen LogP contribution is 2.19. The van der Waals surface area contributed by atoms with Crippen molar-refractivity contribution in [1.82, 2.24) is 0 Å². The van der Waals surface area contributed by atoms with E-state index in [0.29, 0.717) is 0 Å². The van der Waals surface area contributed by atoms with E-state index in [4.69, 9.17) is 0 Å². The predicted molar refractivity (Wildman–Crippen MR) is 52.9 cm³/mol. The molecule has 1 aromatic rings. The van der Waals surface area contributed by atoms with Crippen molar-refractivity contribution in [3.05, 3.63) is 21.9 Å². The molecule has 0 atom stereocenters. The Labute approximate surface area is 77.4 Å². The van der Waals surface area contributed by atoms with Crippen molar-refractivity contribution >= 4 is 17.1 Å². The zero-order valence-corrected chi connectivity index (χ0v) is 8.41. The molecule has 0 fully saturated rings. The maximum Gasteiger partial charge on any atom is 0.160 e. The van der Waals surface area contributed by atoms with E-state index >= 15 is 0 Å². The fraction of sp³-hybridized carbons (Fsp3) is 0.500. The minimum atomic E-state index is 0.197. The Hall–Kier alpha value is -0.630. The molecule has 0 N–H and O–H groups in total. The number of carbonyl (C=O) groups excluding carboxylic acids is 1. The summed E-state index contributed by atoms with van der Waals surface area (Å²) >= 11 is 1.70. The van der Waals surface area contributed by atoms with Gasteiger partial charge in [0, 0.05) is 10.4 Å². The molecule has 0 bridgehead atoms. The van der Waals surface area contributed by atoms with E-state index in [9.17, 15) is 4.79 Å². The van der Waals surface area contributed by atoms with Crippen molar-refractivity contribution in [1.29, 1.82) is 0 Å². The first-order valence-electron chi connectivity index (χ1n) is 4.33. The average molecular weight is 182 g/mol. The van der Waals surface area contributed by atoms with Crippen LogP contribution in [0.2, 0.25) is 0 Å². The summed E-state index contributed by atoms with van der Waals surface area (Å²) in [5.74, 6) is 0.197. The van der Waals surface area contributed by atoms with Gasteiger partial charge in [0.25, 0.3) is 0 Å². The third kappa shape index (κ3) is 2.18. The molecule has 1 nitrogen and oxygen atoms in total. The number of Topliss-reactive ketones (excluding diaryl/α,β-unsaturated/α-hetero) is 1. The highest BCUT2D eigenvalue weighted by atomic mass is 32.1. The summed E-state index contributed by atoms with van der Waals surface area (Å²) in [5, 5.41) is 2.00. The Morgan fingerprint density at radius 2 is 2.33 bits per heavy atom. The van der Waals surface area contributed by atoms with Crippen LogP contribution >= 0.6 is 11.3 Å². The molecule has 0 amide bonds. The maximum absolute atomic E-state index is 11.1. The lowest BCUT2D eigenvalue weighted by molar-refractivity contribution is 0.101. The van der Waals surface area contributed by atoms with E-state index in [1.807, 2.05) is 11.4 Å². The number of hydrogen-bond donors (Lipinski definition) is 0. The Balaban J connectivity index is 2.70. The van der Waals surface area contributed by atoms with Crippen LogP contribution in [0.15, 0.2) is 11.4 Å². The molecule has 0 spiro atoms. The van der Waals surface area contributed by atoms with E-state index in [0.717, 1.165) is 12.0 Å². The molecule has 2 heteroatoms. The zero-order valence-electron chi connectivity index (χ0n) is 7.59. The lowest BCUT2D eigenvalue weighted by Crippen LogP contribution is -1.94. The number of ketones is 1. The molecule has 0 aliphatic heterocycles. The second-order valence-electron chi connectivity index (χ2n) is 2.92. The largest absolute Gasteiger partial charge is 0.294 e. The monoisotopic (exact) mass is 182 g/mol. The van der Waals surface area contributed by atoms with Crippen LogP contribution in [-0.2, 0) is 6.42 Å². The van der Waals surface area contributed by atoms with Crippen molar-refractivity contribution in [2.45, 2.75) is 33.1 Å². The van der Waals surface area contributed by atoms with Gasteiger partial charge in [0.2, 0.25) is 0 Å². The molecule has 0 aliphatic carbocycles. The van der Waals surface area contributed by atoms with Gasteiger partial charge in [0.05, 0.1) is 0 Å². The predicted octanol–water partition coefficient (Wildman–Crippen LogP) is 3.29. The first kappa shape index (κ1) is 9.46. The summed E-state index contributed by atoms with van der Waals surface area (Å²) in [6.07, 6.45) is 3.43. The maximum atomic E-state index is 11.1. The molecule has 0 aliphatic rings. The molecule has 1 heterocycles. The molecule has 1 aromatic heterocycles. The minimum Gasteiger partial charge on any atom is -0.294 e. The second-order valence-corrected chi connectivity index (χ2v) is 3.92. The van der Waals surface area contributed by atoms with Crippen LogP contribution in [0.25, 0.3) is 0 Å². The average Bonchev–Trinajstić information content (AvgIpc) is 2.48. The van der Waals surface area contributed by atoms with Crippen LogP contribution in [0, 0.1) is 0 Å². The summed E-state index contributed by atoms with van der Waals surface area (Å²) in [6, 6.07) is 1.93. The smallest absolute Gasteiger partial charge is 0.160 e. The molecule has 0 saturated heterocycles. The third-order valence-corrected chi connectivity index (χ3v) is 2.86. The first-order chi connectivity index (χ1) is 5.75. The fourth-order valence-electron chi connectivity index (χ4n) is 1.19. The molecular formula is C10H14OS. The van der Waals surface area contributed by atoms with Gasteiger partial charge in [0.15, 0.2) is 5.78 Å². The minimum absolute atomic E-state index is 0.197. The van der Waals surface area contributed by atoms with Gasteiger partial charge in [-0.25, -0.2) is 0 Å². The highest BCUT2D eigenvalue weighted by molar-refractivity contribution is 7.10. The summed E-state index contributed by atoms with van der Waals surface area (Å²) < 4.78 is 0.